The summed E-state index contributed by atoms with van der Waals surface area (Å²) in [6.07, 6.45) is 6.52. The molecule has 0 saturated carbocycles. The molecule has 11 nitrogen and oxygen atoms in total. The van der Waals surface area contributed by atoms with Crippen molar-refractivity contribution in [3.05, 3.63) is 88.5 Å². The number of H-pyrrole nitrogens is 1. The third kappa shape index (κ3) is 4.79. The molecule has 6 aromatic rings. The number of nitrogens with one attached hydrogen (secondary N) is 1. The summed E-state index contributed by atoms with van der Waals surface area (Å²) in [5.74, 6) is 1.58. The zero-order chi connectivity index (χ0) is 27.5. The number of para-hydroxylation sites is 1. The number of nitrogens with zero attached hydrogens (tertiary/aromatic N) is 8. The number of nitrogens with two attached hydrogens (primary N) is 1. The van der Waals surface area contributed by atoms with Gasteiger partial charge in [-0.1, -0.05) is 29.8 Å². The van der Waals surface area contributed by atoms with Crippen LogP contribution < -0.4 is 16.2 Å². The van der Waals surface area contributed by atoms with Gasteiger partial charge in [-0.25, -0.2) is 19.5 Å². The van der Waals surface area contributed by atoms with Gasteiger partial charge in [0, 0.05) is 24.5 Å². The highest BCUT2D eigenvalue weighted by atomic mass is 35.5. The molecular formula is C26H25ClN10OS. The van der Waals surface area contributed by atoms with Gasteiger partial charge in [0.15, 0.2) is 11.5 Å². The minimum absolute atomic E-state index is 0.257. The summed E-state index contributed by atoms with van der Waals surface area (Å²) in [5.41, 5.74) is 8.55. The van der Waals surface area contributed by atoms with Crippen molar-refractivity contribution in [2.45, 2.75) is 13.5 Å². The number of fused-ring (bicyclic) bond motifs is 2. The second-order valence-electron chi connectivity index (χ2n) is 8.33. The van der Waals surface area contributed by atoms with Crippen LogP contribution in [-0.4, -0.2) is 52.1 Å². The number of nitrogen functional groups attached to an aromatic ring is 1. The van der Waals surface area contributed by atoms with E-state index in [-0.39, 0.29) is 12.1 Å². The molecule has 0 saturated heterocycles. The Balaban J connectivity index is 0.00000151. The number of rotatable bonds is 6. The molecule has 0 aliphatic carbocycles. The number of halogens is 1. The molecule has 1 aromatic carbocycles. The van der Waals surface area contributed by atoms with Crippen LogP contribution in [0.4, 0.5) is 11.6 Å². The van der Waals surface area contributed by atoms with E-state index in [9.17, 15) is 4.79 Å². The fraction of sp³-hybridized carbons (Fsp3) is 0.154. The van der Waals surface area contributed by atoms with Crippen molar-refractivity contribution in [1.29, 1.82) is 0 Å². The van der Waals surface area contributed by atoms with Crippen molar-refractivity contribution in [3.8, 4) is 16.9 Å². The van der Waals surface area contributed by atoms with Crippen LogP contribution >= 0.6 is 24.2 Å². The SMILES string of the molecule is CCN(Cc1nn2ccc(Cl)c2c(=O)n1-c1ccccc1)c1ncnc2n[nH]c(-c3ccc(N)nc3)c12.CS. The quantitative estimate of drug-likeness (QED) is 0.260. The van der Waals surface area contributed by atoms with E-state index in [1.807, 2.05) is 48.2 Å². The van der Waals surface area contributed by atoms with E-state index in [0.717, 1.165) is 16.6 Å². The molecule has 0 fully saturated rings. The van der Waals surface area contributed by atoms with Crippen molar-refractivity contribution >= 4 is 52.4 Å². The molecule has 0 bridgehead atoms. The summed E-state index contributed by atoms with van der Waals surface area (Å²) in [4.78, 5) is 28.8. The van der Waals surface area contributed by atoms with Crippen molar-refractivity contribution in [1.82, 2.24) is 39.3 Å². The Bertz CT molecular complexity index is 1800. The van der Waals surface area contributed by atoms with Crippen molar-refractivity contribution in [2.75, 3.05) is 23.4 Å². The minimum Gasteiger partial charge on any atom is -0.384 e. The van der Waals surface area contributed by atoms with E-state index in [2.05, 4.69) is 37.8 Å². The lowest BCUT2D eigenvalue weighted by Crippen LogP contribution is -2.32. The Morgan fingerprint density at radius 2 is 1.87 bits per heavy atom. The molecule has 0 spiro atoms. The van der Waals surface area contributed by atoms with Crippen LogP contribution in [0, 0.1) is 0 Å². The molecule has 0 atom stereocenters. The lowest BCUT2D eigenvalue weighted by molar-refractivity contribution is 0.685. The first-order valence-electron chi connectivity index (χ1n) is 12.0. The van der Waals surface area contributed by atoms with E-state index in [1.165, 1.54) is 10.8 Å². The first kappa shape index (κ1) is 26.2. The first-order chi connectivity index (χ1) is 19.0. The molecule has 0 aliphatic heterocycles. The van der Waals surface area contributed by atoms with E-state index < -0.39 is 0 Å². The van der Waals surface area contributed by atoms with Gasteiger partial charge in [-0.3, -0.25) is 14.5 Å². The molecule has 0 radical (unpaired) electrons. The third-order valence-corrected chi connectivity index (χ3v) is 6.44. The zero-order valence-electron chi connectivity index (χ0n) is 21.2. The van der Waals surface area contributed by atoms with Gasteiger partial charge in [0.25, 0.3) is 5.56 Å². The number of pyridine rings is 1. The molecule has 0 aliphatic rings. The Labute approximate surface area is 233 Å². The van der Waals surface area contributed by atoms with Gasteiger partial charge in [-0.15, -0.1) is 0 Å². The fourth-order valence-corrected chi connectivity index (χ4v) is 4.59. The maximum atomic E-state index is 13.6. The maximum Gasteiger partial charge on any atom is 0.284 e. The summed E-state index contributed by atoms with van der Waals surface area (Å²) in [6, 6.07) is 14.6. The van der Waals surface area contributed by atoms with Crippen LogP contribution in [0.3, 0.4) is 0 Å². The summed E-state index contributed by atoms with van der Waals surface area (Å²) in [6.45, 7) is 2.86. The van der Waals surface area contributed by atoms with Gasteiger partial charge in [-0.05, 0) is 43.5 Å². The largest absolute Gasteiger partial charge is 0.384 e. The van der Waals surface area contributed by atoms with Crippen molar-refractivity contribution in [3.63, 3.8) is 0 Å². The summed E-state index contributed by atoms with van der Waals surface area (Å²) in [5, 5.41) is 13.3. The normalized spacial score (nSPS) is 11.0. The van der Waals surface area contributed by atoms with E-state index in [4.69, 9.17) is 22.4 Å². The molecule has 0 amide bonds. The number of thiol groups is 1. The predicted molar refractivity (Wildman–Crippen MR) is 157 cm³/mol. The van der Waals surface area contributed by atoms with Crippen LogP contribution in [0.5, 0.6) is 0 Å². The number of hydrogen-bond donors (Lipinski definition) is 3. The van der Waals surface area contributed by atoms with E-state index in [1.54, 1.807) is 35.3 Å². The first-order valence-corrected chi connectivity index (χ1v) is 13.3. The summed E-state index contributed by atoms with van der Waals surface area (Å²) >= 11 is 9.86. The average Bonchev–Trinajstić information content (AvgIpc) is 3.57. The molecule has 5 aromatic heterocycles. The molecule has 3 N–H and O–H groups in total. The Kier molecular flexibility index (Phi) is 7.48. The maximum absolute atomic E-state index is 13.6. The molecule has 13 heteroatoms. The summed E-state index contributed by atoms with van der Waals surface area (Å²) in [7, 11) is 0. The number of benzene rings is 1. The Morgan fingerprint density at radius 1 is 1.08 bits per heavy atom. The smallest absolute Gasteiger partial charge is 0.284 e. The molecule has 5 heterocycles. The lowest BCUT2D eigenvalue weighted by atomic mass is 10.1. The minimum atomic E-state index is -0.257. The number of aromatic amines is 1. The van der Waals surface area contributed by atoms with Crippen molar-refractivity contribution in [2.24, 2.45) is 0 Å². The number of aromatic nitrogens is 8. The summed E-state index contributed by atoms with van der Waals surface area (Å²) < 4.78 is 3.11. The highest BCUT2D eigenvalue weighted by Crippen LogP contribution is 2.32. The van der Waals surface area contributed by atoms with Crippen LogP contribution in [-0.2, 0) is 6.54 Å². The van der Waals surface area contributed by atoms with Gasteiger partial charge < -0.3 is 10.6 Å². The highest BCUT2D eigenvalue weighted by molar-refractivity contribution is 7.79. The van der Waals surface area contributed by atoms with Crippen molar-refractivity contribution < 1.29 is 0 Å². The highest BCUT2D eigenvalue weighted by Gasteiger charge is 2.22. The Hall–Kier alpha value is -4.42. The second kappa shape index (κ2) is 11.1. The monoisotopic (exact) mass is 560 g/mol. The molecular weight excluding hydrogens is 536 g/mol. The second-order valence-corrected chi connectivity index (χ2v) is 8.74. The van der Waals surface area contributed by atoms with Crippen LogP contribution in [0.2, 0.25) is 5.02 Å². The fourth-order valence-electron chi connectivity index (χ4n) is 4.37. The number of anilines is 2. The molecule has 6 rings (SSSR count). The molecule has 198 valence electrons. The van der Waals surface area contributed by atoms with Crippen LogP contribution in [0.25, 0.3) is 33.5 Å². The van der Waals surface area contributed by atoms with Gasteiger partial charge in [0.05, 0.1) is 28.3 Å². The molecule has 39 heavy (non-hydrogen) atoms. The van der Waals surface area contributed by atoms with Gasteiger partial charge >= 0.3 is 0 Å². The van der Waals surface area contributed by atoms with Crippen LogP contribution in [0.1, 0.15) is 12.7 Å². The third-order valence-electron chi connectivity index (χ3n) is 6.14. The molecule has 0 unspecified atom stereocenters. The standard InChI is InChI=1S/C25H21ClN10O.CH4S/c1-2-34(24-20-21(15-8-9-18(27)28-12-15)31-32-23(20)29-14-30-24)13-19-33-35-11-10-17(26)22(35)25(37)36(19)16-6-4-3-5-7-16;1-2/h3-12,14H,2,13H2,1H3,(H2,27,28)(H,29,30,31,32);2H,1H3. The zero-order valence-corrected chi connectivity index (χ0v) is 22.8. The van der Waals surface area contributed by atoms with E-state index in [0.29, 0.717) is 45.9 Å². The number of hydrogen-bond acceptors (Lipinski definition) is 9. The topological polar surface area (TPSA) is 136 Å². The van der Waals surface area contributed by atoms with E-state index >= 15 is 0 Å². The lowest BCUT2D eigenvalue weighted by Gasteiger charge is -2.24. The predicted octanol–water partition coefficient (Wildman–Crippen LogP) is 4.02. The Morgan fingerprint density at radius 3 is 2.59 bits per heavy atom. The van der Waals surface area contributed by atoms with Gasteiger partial charge in [0.1, 0.15) is 23.5 Å². The average molecular weight is 561 g/mol. The van der Waals surface area contributed by atoms with Gasteiger partial charge in [-0.2, -0.15) is 22.8 Å². The van der Waals surface area contributed by atoms with Gasteiger partial charge in [0.2, 0.25) is 0 Å². The van der Waals surface area contributed by atoms with Crippen LogP contribution in [0.15, 0.2) is 72.0 Å².